The van der Waals surface area contributed by atoms with Crippen molar-refractivity contribution in [2.45, 2.75) is 51.7 Å². The molecule has 1 aliphatic rings. The zero-order valence-corrected chi connectivity index (χ0v) is 15.6. The number of nitrogens with one attached hydrogen (secondary N) is 1. The fraction of sp³-hybridized carbons (Fsp3) is 0.500. The molecule has 1 amide bonds. The summed E-state index contributed by atoms with van der Waals surface area (Å²) in [6.45, 7) is 4.57. The van der Waals surface area contributed by atoms with Gasteiger partial charge in [0.05, 0.1) is 24.3 Å². The predicted molar refractivity (Wildman–Crippen MR) is 97.4 cm³/mol. The number of piperidine rings is 1. The normalized spacial score (nSPS) is 20.4. The van der Waals surface area contributed by atoms with E-state index >= 15 is 0 Å². The number of rotatable bonds is 5. The second kappa shape index (κ2) is 7.99. The van der Waals surface area contributed by atoms with Crippen molar-refractivity contribution >= 4 is 5.91 Å². The lowest BCUT2D eigenvalue weighted by molar-refractivity contribution is -0.139. The second-order valence-electron chi connectivity index (χ2n) is 6.99. The maximum Gasteiger partial charge on any atom is 0.227 e. The number of halogens is 1. The molecular formula is C20H26FN3O2. The average Bonchev–Trinajstić information content (AvgIpc) is 2.95. The fourth-order valence-electron chi connectivity index (χ4n) is 3.80. The third-order valence-corrected chi connectivity index (χ3v) is 5.31. The summed E-state index contributed by atoms with van der Waals surface area (Å²) < 4.78 is 18.9. The average molecular weight is 359 g/mol. The van der Waals surface area contributed by atoms with E-state index in [-0.39, 0.29) is 23.9 Å². The first kappa shape index (κ1) is 18.6. The zero-order chi connectivity index (χ0) is 18.7. The van der Waals surface area contributed by atoms with E-state index in [4.69, 9.17) is 4.74 Å². The SMILES string of the molecule is CO[C@H]1CCCN(C(=O)Cc2c(C)n[nH]c2C)[C@H]1Cc1ccc(F)cc1. The highest BCUT2D eigenvalue weighted by Gasteiger charge is 2.34. The summed E-state index contributed by atoms with van der Waals surface area (Å²) in [5.41, 5.74) is 3.78. The van der Waals surface area contributed by atoms with Gasteiger partial charge in [-0.05, 0) is 50.8 Å². The van der Waals surface area contributed by atoms with Crippen molar-refractivity contribution in [2.24, 2.45) is 0 Å². The Bertz CT molecular complexity index is 737. The summed E-state index contributed by atoms with van der Waals surface area (Å²) in [5.74, 6) is -0.161. The molecule has 0 saturated carbocycles. The Balaban J connectivity index is 1.80. The number of aryl methyl sites for hydroxylation is 2. The van der Waals surface area contributed by atoms with Gasteiger partial charge in [0.15, 0.2) is 0 Å². The number of hydrogen-bond acceptors (Lipinski definition) is 3. The predicted octanol–water partition coefficient (Wildman–Crippen LogP) is 2.96. The van der Waals surface area contributed by atoms with Crippen LogP contribution in [0.4, 0.5) is 4.39 Å². The molecule has 6 heteroatoms. The molecule has 0 bridgehead atoms. The van der Waals surface area contributed by atoms with E-state index in [1.165, 1.54) is 12.1 Å². The monoisotopic (exact) mass is 359 g/mol. The second-order valence-corrected chi connectivity index (χ2v) is 6.99. The van der Waals surface area contributed by atoms with E-state index in [1.807, 2.05) is 18.7 Å². The first-order valence-corrected chi connectivity index (χ1v) is 9.06. The van der Waals surface area contributed by atoms with Crippen molar-refractivity contribution in [2.75, 3.05) is 13.7 Å². The fourth-order valence-corrected chi connectivity index (χ4v) is 3.80. The van der Waals surface area contributed by atoms with E-state index in [9.17, 15) is 9.18 Å². The van der Waals surface area contributed by atoms with Crippen LogP contribution in [0.3, 0.4) is 0 Å². The van der Waals surface area contributed by atoms with Crippen LogP contribution in [0.15, 0.2) is 24.3 Å². The van der Waals surface area contributed by atoms with Crippen molar-refractivity contribution in [1.29, 1.82) is 0 Å². The van der Waals surface area contributed by atoms with Crippen molar-refractivity contribution in [3.05, 3.63) is 52.6 Å². The Morgan fingerprint density at radius 2 is 2.08 bits per heavy atom. The number of nitrogens with zero attached hydrogens (tertiary/aromatic N) is 2. The van der Waals surface area contributed by atoms with Gasteiger partial charge in [-0.3, -0.25) is 9.89 Å². The van der Waals surface area contributed by atoms with E-state index in [0.717, 1.165) is 41.9 Å². The molecule has 5 nitrogen and oxygen atoms in total. The largest absolute Gasteiger partial charge is 0.379 e. The van der Waals surface area contributed by atoms with Gasteiger partial charge < -0.3 is 9.64 Å². The molecule has 0 unspecified atom stereocenters. The minimum atomic E-state index is -0.250. The van der Waals surface area contributed by atoms with E-state index < -0.39 is 0 Å². The number of amides is 1. The maximum atomic E-state index is 13.2. The molecule has 3 rings (SSSR count). The number of benzene rings is 1. The molecule has 2 atom stereocenters. The number of H-pyrrole nitrogens is 1. The molecule has 140 valence electrons. The third-order valence-electron chi connectivity index (χ3n) is 5.31. The minimum Gasteiger partial charge on any atom is -0.379 e. The van der Waals surface area contributed by atoms with Gasteiger partial charge >= 0.3 is 0 Å². The highest BCUT2D eigenvalue weighted by atomic mass is 19.1. The van der Waals surface area contributed by atoms with Crippen LogP contribution in [0.2, 0.25) is 0 Å². The molecule has 26 heavy (non-hydrogen) atoms. The number of carbonyl (C=O) groups excluding carboxylic acids is 1. The standard InChI is InChI=1S/C20H26FN3O2/c1-13-17(14(2)23-22-13)12-20(25)24-10-4-5-19(26-3)18(24)11-15-6-8-16(21)9-7-15/h6-9,18-19H,4-5,10-12H2,1-3H3,(H,22,23)/t18-,19-/m0/s1. The van der Waals surface area contributed by atoms with Crippen LogP contribution in [0.5, 0.6) is 0 Å². The van der Waals surface area contributed by atoms with Gasteiger partial charge in [-0.25, -0.2) is 4.39 Å². The Morgan fingerprint density at radius 3 is 2.69 bits per heavy atom. The van der Waals surface area contributed by atoms with Crippen LogP contribution < -0.4 is 0 Å². The first-order chi connectivity index (χ1) is 12.5. The van der Waals surface area contributed by atoms with Crippen molar-refractivity contribution in [3.8, 4) is 0 Å². The number of aromatic amines is 1. The van der Waals surface area contributed by atoms with Gasteiger partial charge in [0.2, 0.25) is 5.91 Å². The van der Waals surface area contributed by atoms with E-state index in [1.54, 1.807) is 19.2 Å². The molecule has 0 radical (unpaired) electrons. The lowest BCUT2D eigenvalue weighted by Gasteiger charge is -2.41. The third kappa shape index (κ3) is 3.96. The highest BCUT2D eigenvalue weighted by Crippen LogP contribution is 2.25. The molecule has 1 aromatic carbocycles. The molecule has 1 fully saturated rings. The van der Waals surface area contributed by atoms with Gasteiger partial charge in [0, 0.05) is 24.9 Å². The number of likely N-dealkylation sites (tertiary alicyclic amines) is 1. The molecule has 2 heterocycles. The lowest BCUT2D eigenvalue weighted by Crippen LogP contribution is -2.53. The molecule has 2 aromatic rings. The van der Waals surface area contributed by atoms with E-state index in [2.05, 4.69) is 10.2 Å². The Morgan fingerprint density at radius 1 is 1.35 bits per heavy atom. The molecular weight excluding hydrogens is 333 g/mol. The van der Waals surface area contributed by atoms with Crippen LogP contribution in [-0.2, 0) is 22.4 Å². The highest BCUT2D eigenvalue weighted by molar-refractivity contribution is 5.79. The summed E-state index contributed by atoms with van der Waals surface area (Å²) in [4.78, 5) is 15.0. The first-order valence-electron chi connectivity index (χ1n) is 9.06. The number of aromatic nitrogens is 2. The molecule has 1 aromatic heterocycles. The summed E-state index contributed by atoms with van der Waals surface area (Å²) in [6.07, 6.45) is 2.84. The smallest absolute Gasteiger partial charge is 0.227 e. The van der Waals surface area contributed by atoms with Crippen LogP contribution in [0, 0.1) is 19.7 Å². The van der Waals surface area contributed by atoms with Gasteiger partial charge in [0.25, 0.3) is 0 Å². The van der Waals surface area contributed by atoms with Crippen LogP contribution in [-0.4, -0.2) is 46.8 Å². The number of ether oxygens (including phenoxy) is 1. The quantitative estimate of drug-likeness (QED) is 0.893. The van der Waals surface area contributed by atoms with E-state index in [0.29, 0.717) is 12.8 Å². The summed E-state index contributed by atoms with van der Waals surface area (Å²) in [6, 6.07) is 6.45. The number of carbonyl (C=O) groups is 1. The Hall–Kier alpha value is -2.21. The molecule has 1 N–H and O–H groups in total. The maximum absolute atomic E-state index is 13.2. The Kier molecular flexibility index (Phi) is 5.71. The molecule has 0 aliphatic carbocycles. The van der Waals surface area contributed by atoms with Gasteiger partial charge in [-0.2, -0.15) is 5.10 Å². The molecule has 1 saturated heterocycles. The van der Waals surface area contributed by atoms with Crippen LogP contribution >= 0.6 is 0 Å². The molecule has 1 aliphatic heterocycles. The van der Waals surface area contributed by atoms with Gasteiger partial charge in [-0.15, -0.1) is 0 Å². The van der Waals surface area contributed by atoms with Crippen molar-refractivity contribution in [3.63, 3.8) is 0 Å². The van der Waals surface area contributed by atoms with Gasteiger partial charge in [-0.1, -0.05) is 12.1 Å². The van der Waals surface area contributed by atoms with Crippen LogP contribution in [0.25, 0.3) is 0 Å². The Labute approximate surface area is 153 Å². The van der Waals surface area contributed by atoms with Gasteiger partial charge in [0.1, 0.15) is 5.82 Å². The minimum absolute atomic E-state index is 0.00991. The van der Waals surface area contributed by atoms with Crippen LogP contribution in [0.1, 0.15) is 35.4 Å². The van der Waals surface area contributed by atoms with Crippen molar-refractivity contribution in [1.82, 2.24) is 15.1 Å². The number of methoxy groups -OCH3 is 1. The zero-order valence-electron chi connectivity index (χ0n) is 15.6. The summed E-state index contributed by atoms with van der Waals surface area (Å²) in [5, 5.41) is 7.13. The lowest BCUT2D eigenvalue weighted by atomic mass is 9.92. The number of hydrogen-bond donors (Lipinski definition) is 1. The summed E-state index contributed by atoms with van der Waals surface area (Å²) in [7, 11) is 1.70. The van der Waals surface area contributed by atoms with Crippen molar-refractivity contribution < 1.29 is 13.9 Å². The summed E-state index contributed by atoms with van der Waals surface area (Å²) >= 11 is 0. The molecule has 0 spiro atoms. The topological polar surface area (TPSA) is 58.2 Å².